The molecule has 3 rings (SSSR count). The first-order valence-electron chi connectivity index (χ1n) is 7.87. The van der Waals surface area contributed by atoms with Crippen LogP contribution in [0, 0.1) is 0 Å². The van der Waals surface area contributed by atoms with Crippen LogP contribution in [-0.4, -0.2) is 24.1 Å². The molecule has 0 saturated carbocycles. The van der Waals surface area contributed by atoms with Gasteiger partial charge in [-0.25, -0.2) is 18.2 Å². The Balaban J connectivity index is 1.63. The molecule has 1 aromatic heterocycles. The highest BCUT2D eigenvalue weighted by atomic mass is 32.2. The molecular weight excluding hydrogens is 352 g/mol. The lowest BCUT2D eigenvalue weighted by atomic mass is 10.1. The third-order valence-corrected chi connectivity index (χ3v) is 4.45. The fraction of sp³-hybridized carbons (Fsp3) is 0.111. The first-order valence-corrected chi connectivity index (χ1v) is 9.59. The maximum Gasteiger partial charge on any atom is 0.251 e. The van der Waals surface area contributed by atoms with Crippen LogP contribution >= 0.6 is 0 Å². The van der Waals surface area contributed by atoms with Crippen LogP contribution in [0.2, 0.25) is 0 Å². The standard InChI is InChI=1S/C18H18N4O3S/c19-26(24,25)13-15-3-1-4-16(11-15)18(23)20-12-14-5-7-17(8-6-14)22-10-2-9-21-22/h1-11H,12-13H2,(H,20,23)(H2,19,24,25). The summed E-state index contributed by atoms with van der Waals surface area (Å²) in [6, 6.07) is 15.9. The molecule has 0 saturated heterocycles. The van der Waals surface area contributed by atoms with Gasteiger partial charge in [-0.1, -0.05) is 24.3 Å². The number of nitrogens with one attached hydrogen (secondary N) is 1. The summed E-state index contributed by atoms with van der Waals surface area (Å²) in [5.74, 6) is -0.583. The molecule has 7 nitrogen and oxygen atoms in total. The Bertz CT molecular complexity index is 997. The first-order chi connectivity index (χ1) is 12.4. The molecule has 1 heterocycles. The lowest BCUT2D eigenvalue weighted by Crippen LogP contribution is -2.23. The third kappa shape index (κ3) is 4.78. The Kier molecular flexibility index (Phi) is 5.15. The molecule has 0 aliphatic heterocycles. The molecule has 3 N–H and O–H groups in total. The topological polar surface area (TPSA) is 107 Å². The van der Waals surface area contributed by atoms with E-state index in [9.17, 15) is 13.2 Å². The Labute approximate surface area is 151 Å². The molecule has 1 amide bonds. The normalized spacial score (nSPS) is 11.3. The lowest BCUT2D eigenvalue weighted by molar-refractivity contribution is 0.0951. The molecule has 134 valence electrons. The van der Waals surface area contributed by atoms with E-state index in [0.29, 0.717) is 17.7 Å². The first kappa shape index (κ1) is 17.8. The smallest absolute Gasteiger partial charge is 0.251 e. The number of primary sulfonamides is 1. The summed E-state index contributed by atoms with van der Waals surface area (Å²) in [5, 5.41) is 12.0. The number of aromatic nitrogens is 2. The number of benzene rings is 2. The van der Waals surface area contributed by atoms with Crippen molar-refractivity contribution in [1.82, 2.24) is 15.1 Å². The van der Waals surface area contributed by atoms with Crippen molar-refractivity contribution in [2.24, 2.45) is 5.14 Å². The zero-order valence-electron chi connectivity index (χ0n) is 13.9. The van der Waals surface area contributed by atoms with Gasteiger partial charge in [0.25, 0.3) is 5.91 Å². The molecule has 0 spiro atoms. The van der Waals surface area contributed by atoms with Crippen LogP contribution in [0.25, 0.3) is 5.69 Å². The highest BCUT2D eigenvalue weighted by molar-refractivity contribution is 7.88. The van der Waals surface area contributed by atoms with E-state index in [1.165, 1.54) is 6.07 Å². The minimum absolute atomic E-state index is 0.280. The zero-order valence-corrected chi connectivity index (χ0v) is 14.7. The molecule has 3 aromatic rings. The summed E-state index contributed by atoms with van der Waals surface area (Å²) in [6.45, 7) is 0.359. The van der Waals surface area contributed by atoms with Gasteiger partial charge in [-0.2, -0.15) is 5.10 Å². The Morgan fingerprint density at radius 2 is 1.85 bits per heavy atom. The number of rotatable bonds is 6. The fourth-order valence-corrected chi connectivity index (χ4v) is 3.15. The summed E-state index contributed by atoms with van der Waals surface area (Å²) in [5.41, 5.74) is 2.73. The molecule has 0 unspecified atom stereocenters. The number of hydrogen-bond acceptors (Lipinski definition) is 4. The van der Waals surface area contributed by atoms with E-state index in [2.05, 4.69) is 10.4 Å². The van der Waals surface area contributed by atoms with E-state index in [0.717, 1.165) is 11.3 Å². The molecule has 0 aliphatic carbocycles. The molecule has 0 fully saturated rings. The summed E-state index contributed by atoms with van der Waals surface area (Å²) in [4.78, 5) is 12.3. The van der Waals surface area contributed by atoms with Crippen LogP contribution in [0.4, 0.5) is 0 Å². The summed E-state index contributed by atoms with van der Waals surface area (Å²) in [7, 11) is -3.64. The lowest BCUT2D eigenvalue weighted by Gasteiger charge is -2.08. The Morgan fingerprint density at radius 3 is 2.50 bits per heavy atom. The van der Waals surface area contributed by atoms with Crippen molar-refractivity contribution < 1.29 is 13.2 Å². The van der Waals surface area contributed by atoms with Gasteiger partial charge in [-0.15, -0.1) is 0 Å². The van der Waals surface area contributed by atoms with Gasteiger partial charge in [-0.05, 0) is 41.5 Å². The van der Waals surface area contributed by atoms with Crippen LogP contribution in [-0.2, 0) is 22.3 Å². The van der Waals surface area contributed by atoms with Gasteiger partial charge in [0.15, 0.2) is 0 Å². The Morgan fingerprint density at radius 1 is 1.08 bits per heavy atom. The van der Waals surface area contributed by atoms with Crippen molar-refractivity contribution in [3.05, 3.63) is 83.7 Å². The number of nitrogens with two attached hydrogens (primary N) is 1. The summed E-state index contributed by atoms with van der Waals surface area (Å²) < 4.78 is 24.1. The van der Waals surface area contributed by atoms with Gasteiger partial charge in [0.1, 0.15) is 0 Å². The maximum absolute atomic E-state index is 12.3. The predicted molar refractivity (Wildman–Crippen MR) is 98.0 cm³/mol. The van der Waals surface area contributed by atoms with Gasteiger partial charge < -0.3 is 5.32 Å². The monoisotopic (exact) mass is 370 g/mol. The number of amides is 1. The number of nitrogens with zero attached hydrogens (tertiary/aromatic N) is 2. The highest BCUT2D eigenvalue weighted by Crippen LogP contribution is 2.10. The summed E-state index contributed by atoms with van der Waals surface area (Å²) in [6.07, 6.45) is 3.56. The van der Waals surface area contributed by atoms with Crippen molar-refractivity contribution in [2.75, 3.05) is 0 Å². The molecule has 0 bridgehead atoms. The van der Waals surface area contributed by atoms with E-state index in [-0.39, 0.29) is 11.7 Å². The second-order valence-corrected chi connectivity index (χ2v) is 7.42. The maximum atomic E-state index is 12.3. The van der Waals surface area contributed by atoms with E-state index in [1.54, 1.807) is 29.1 Å². The quantitative estimate of drug-likeness (QED) is 0.687. The van der Waals surface area contributed by atoms with Crippen LogP contribution < -0.4 is 10.5 Å². The molecule has 8 heteroatoms. The van der Waals surface area contributed by atoms with Crippen LogP contribution in [0.1, 0.15) is 21.5 Å². The number of sulfonamides is 1. The Hall–Kier alpha value is -2.97. The average molecular weight is 370 g/mol. The number of carbonyl (C=O) groups is 1. The predicted octanol–water partition coefficient (Wildman–Crippen LogP) is 1.59. The van der Waals surface area contributed by atoms with Gasteiger partial charge in [0.2, 0.25) is 10.0 Å². The van der Waals surface area contributed by atoms with E-state index in [4.69, 9.17) is 5.14 Å². The second kappa shape index (κ2) is 7.51. The van der Waals surface area contributed by atoms with Crippen molar-refractivity contribution in [3.63, 3.8) is 0 Å². The van der Waals surface area contributed by atoms with Gasteiger partial charge in [0.05, 0.1) is 11.4 Å². The van der Waals surface area contributed by atoms with Crippen molar-refractivity contribution in [2.45, 2.75) is 12.3 Å². The second-order valence-electron chi connectivity index (χ2n) is 5.81. The van der Waals surface area contributed by atoms with Crippen LogP contribution in [0.5, 0.6) is 0 Å². The number of carbonyl (C=O) groups excluding carboxylic acids is 1. The zero-order chi connectivity index (χ0) is 18.6. The van der Waals surface area contributed by atoms with E-state index in [1.807, 2.05) is 36.5 Å². The van der Waals surface area contributed by atoms with E-state index < -0.39 is 10.0 Å². The fourth-order valence-electron chi connectivity index (χ4n) is 2.51. The van der Waals surface area contributed by atoms with Gasteiger partial charge >= 0.3 is 0 Å². The molecule has 0 radical (unpaired) electrons. The van der Waals surface area contributed by atoms with Crippen LogP contribution in [0.3, 0.4) is 0 Å². The van der Waals surface area contributed by atoms with Gasteiger partial charge in [0, 0.05) is 24.5 Å². The van der Waals surface area contributed by atoms with E-state index >= 15 is 0 Å². The molecule has 0 aliphatic rings. The van der Waals surface area contributed by atoms with Crippen molar-refractivity contribution in [1.29, 1.82) is 0 Å². The molecule has 0 atom stereocenters. The van der Waals surface area contributed by atoms with Crippen LogP contribution in [0.15, 0.2) is 67.0 Å². The number of hydrogen-bond donors (Lipinski definition) is 2. The molecule has 2 aromatic carbocycles. The van der Waals surface area contributed by atoms with Crippen molar-refractivity contribution in [3.8, 4) is 5.69 Å². The van der Waals surface area contributed by atoms with Gasteiger partial charge in [-0.3, -0.25) is 4.79 Å². The third-order valence-electron chi connectivity index (χ3n) is 3.72. The molecule has 26 heavy (non-hydrogen) atoms. The highest BCUT2D eigenvalue weighted by Gasteiger charge is 2.09. The minimum Gasteiger partial charge on any atom is -0.348 e. The van der Waals surface area contributed by atoms with Crippen molar-refractivity contribution >= 4 is 15.9 Å². The minimum atomic E-state index is -3.64. The average Bonchev–Trinajstić information content (AvgIpc) is 3.13. The molecular formula is C18H18N4O3S. The summed E-state index contributed by atoms with van der Waals surface area (Å²) >= 11 is 0. The SMILES string of the molecule is NS(=O)(=O)Cc1cccc(C(=O)NCc2ccc(-n3cccn3)cc2)c1. The largest absolute Gasteiger partial charge is 0.348 e.